The standard InChI is InChI=1S/C15H15Cl2NO3/c1-20-14-4-3-9(5-15(14)21-2)13(19)6-10-11(16)7-18-8-12(10)17/h3-5,7-8,13,19H,6H2,1-2H3/p+1/t13-/m0/s1. The van der Waals surface area contributed by atoms with Gasteiger partial charge in [-0.25, -0.2) is 4.98 Å². The third-order valence-electron chi connectivity index (χ3n) is 3.19. The van der Waals surface area contributed by atoms with Gasteiger partial charge in [0.15, 0.2) is 23.9 Å². The van der Waals surface area contributed by atoms with Crippen LogP contribution in [0.4, 0.5) is 0 Å². The van der Waals surface area contributed by atoms with Crippen LogP contribution in [0.1, 0.15) is 17.2 Å². The number of methoxy groups -OCH3 is 2. The van der Waals surface area contributed by atoms with Crippen molar-refractivity contribution in [3.8, 4) is 11.5 Å². The Balaban J connectivity index is 2.26. The van der Waals surface area contributed by atoms with Crippen LogP contribution in [0.5, 0.6) is 11.5 Å². The molecule has 0 spiro atoms. The summed E-state index contributed by atoms with van der Waals surface area (Å²) in [6, 6.07) is 5.27. The van der Waals surface area contributed by atoms with Gasteiger partial charge in [0.1, 0.15) is 10.0 Å². The van der Waals surface area contributed by atoms with Crippen LogP contribution in [0, 0.1) is 0 Å². The van der Waals surface area contributed by atoms with Gasteiger partial charge >= 0.3 is 0 Å². The highest BCUT2D eigenvalue weighted by molar-refractivity contribution is 6.35. The Morgan fingerprint density at radius 2 is 1.71 bits per heavy atom. The Bertz CT molecular complexity index is 614. The van der Waals surface area contributed by atoms with E-state index >= 15 is 0 Å². The van der Waals surface area contributed by atoms with Gasteiger partial charge < -0.3 is 14.6 Å². The number of nitrogens with one attached hydrogen (secondary N) is 1. The zero-order valence-electron chi connectivity index (χ0n) is 11.7. The number of aliphatic hydroxyl groups is 1. The summed E-state index contributed by atoms with van der Waals surface area (Å²) in [5.74, 6) is 1.17. The smallest absolute Gasteiger partial charge is 0.186 e. The van der Waals surface area contributed by atoms with Crippen LogP contribution in [0.2, 0.25) is 10.0 Å². The number of aliphatic hydroxyl groups excluding tert-OH is 1. The SMILES string of the molecule is COc1ccc([C@@H](O)Cc2c(Cl)c[nH+]cc2Cl)cc1OC. The van der Waals surface area contributed by atoms with Gasteiger partial charge in [-0.1, -0.05) is 29.3 Å². The molecule has 2 rings (SSSR count). The molecule has 1 heterocycles. The van der Waals surface area contributed by atoms with Gasteiger partial charge in [0.25, 0.3) is 0 Å². The Morgan fingerprint density at radius 1 is 1.10 bits per heavy atom. The molecule has 2 N–H and O–H groups in total. The lowest BCUT2D eigenvalue weighted by molar-refractivity contribution is -0.377. The number of H-pyrrole nitrogens is 1. The van der Waals surface area contributed by atoms with Crippen molar-refractivity contribution in [3.63, 3.8) is 0 Å². The first-order valence-corrected chi connectivity index (χ1v) is 7.06. The molecule has 0 saturated carbocycles. The average Bonchev–Trinajstić information content (AvgIpc) is 2.50. The van der Waals surface area contributed by atoms with Gasteiger partial charge in [-0.3, -0.25) is 0 Å². The Labute approximate surface area is 133 Å². The molecular formula is C15H16Cl2NO3+. The van der Waals surface area contributed by atoms with E-state index in [4.69, 9.17) is 32.7 Å². The minimum absolute atomic E-state index is 0.307. The zero-order chi connectivity index (χ0) is 15.4. The largest absolute Gasteiger partial charge is 0.493 e. The molecule has 0 radical (unpaired) electrons. The van der Waals surface area contributed by atoms with E-state index in [0.29, 0.717) is 39.1 Å². The molecule has 4 nitrogen and oxygen atoms in total. The Morgan fingerprint density at radius 3 is 2.29 bits per heavy atom. The van der Waals surface area contributed by atoms with E-state index < -0.39 is 6.10 Å². The minimum atomic E-state index is -0.748. The number of ether oxygens (including phenoxy) is 2. The van der Waals surface area contributed by atoms with Gasteiger partial charge in [-0.15, -0.1) is 0 Å². The number of aromatic nitrogens is 1. The molecule has 112 valence electrons. The predicted octanol–water partition coefficient (Wildman–Crippen LogP) is 3.10. The highest BCUT2D eigenvalue weighted by Crippen LogP contribution is 2.32. The molecule has 0 unspecified atom stereocenters. The predicted molar refractivity (Wildman–Crippen MR) is 81.2 cm³/mol. The molecule has 0 fully saturated rings. The fraction of sp³-hybridized carbons (Fsp3) is 0.267. The highest BCUT2D eigenvalue weighted by Gasteiger charge is 2.17. The van der Waals surface area contributed by atoms with Crippen molar-refractivity contribution in [3.05, 3.63) is 51.8 Å². The first-order chi connectivity index (χ1) is 10.1. The van der Waals surface area contributed by atoms with Crippen molar-refractivity contribution in [2.24, 2.45) is 0 Å². The lowest BCUT2D eigenvalue weighted by Crippen LogP contribution is -2.07. The van der Waals surface area contributed by atoms with Crippen LogP contribution < -0.4 is 14.5 Å². The second kappa shape index (κ2) is 6.98. The maximum absolute atomic E-state index is 10.4. The third-order valence-corrected chi connectivity index (χ3v) is 3.86. The number of benzene rings is 1. The van der Waals surface area contributed by atoms with E-state index in [1.165, 1.54) is 0 Å². The maximum Gasteiger partial charge on any atom is 0.186 e. The Kier molecular flexibility index (Phi) is 5.28. The number of pyridine rings is 1. The summed E-state index contributed by atoms with van der Waals surface area (Å²) in [5, 5.41) is 11.4. The van der Waals surface area contributed by atoms with E-state index in [1.807, 2.05) is 0 Å². The summed E-state index contributed by atoms with van der Waals surface area (Å²) in [6.45, 7) is 0. The molecule has 6 heteroatoms. The molecule has 0 bridgehead atoms. The van der Waals surface area contributed by atoms with Crippen LogP contribution in [0.25, 0.3) is 0 Å². The van der Waals surface area contributed by atoms with Crippen molar-refractivity contribution in [1.29, 1.82) is 0 Å². The third kappa shape index (κ3) is 3.59. The van der Waals surface area contributed by atoms with Crippen molar-refractivity contribution >= 4 is 23.2 Å². The van der Waals surface area contributed by atoms with Crippen molar-refractivity contribution in [2.45, 2.75) is 12.5 Å². The lowest BCUT2D eigenvalue weighted by atomic mass is 10.0. The molecule has 0 aliphatic carbocycles. The number of aromatic amines is 1. The quantitative estimate of drug-likeness (QED) is 0.917. The highest BCUT2D eigenvalue weighted by atomic mass is 35.5. The van der Waals surface area contributed by atoms with E-state index in [2.05, 4.69) is 4.98 Å². The van der Waals surface area contributed by atoms with E-state index in [9.17, 15) is 5.11 Å². The number of hydrogen-bond acceptors (Lipinski definition) is 3. The van der Waals surface area contributed by atoms with Gasteiger partial charge in [0.05, 0.1) is 20.3 Å². The molecule has 1 aromatic heterocycles. The van der Waals surface area contributed by atoms with Crippen LogP contribution in [0.3, 0.4) is 0 Å². The molecular weight excluding hydrogens is 313 g/mol. The molecule has 0 aliphatic rings. The second-order valence-corrected chi connectivity index (χ2v) is 5.28. The number of rotatable bonds is 5. The minimum Gasteiger partial charge on any atom is -0.493 e. The zero-order valence-corrected chi connectivity index (χ0v) is 13.2. The number of hydrogen-bond donors (Lipinski definition) is 1. The molecule has 2 aromatic rings. The molecule has 1 aromatic carbocycles. The first-order valence-electron chi connectivity index (χ1n) is 6.30. The molecule has 21 heavy (non-hydrogen) atoms. The maximum atomic E-state index is 10.4. The fourth-order valence-corrected chi connectivity index (χ4v) is 2.57. The van der Waals surface area contributed by atoms with Crippen LogP contribution in [0.15, 0.2) is 30.6 Å². The lowest BCUT2D eigenvalue weighted by Gasteiger charge is -2.15. The van der Waals surface area contributed by atoms with Crippen LogP contribution >= 0.6 is 23.2 Å². The summed E-state index contributed by atoms with van der Waals surface area (Å²) in [6.07, 6.45) is 2.82. The van der Waals surface area contributed by atoms with Gasteiger partial charge in [0, 0.05) is 12.0 Å². The molecule has 0 aliphatic heterocycles. The van der Waals surface area contributed by atoms with Gasteiger partial charge in [-0.2, -0.15) is 0 Å². The van der Waals surface area contributed by atoms with Crippen LogP contribution in [-0.2, 0) is 6.42 Å². The average molecular weight is 329 g/mol. The van der Waals surface area contributed by atoms with Gasteiger partial charge in [0.2, 0.25) is 0 Å². The van der Waals surface area contributed by atoms with Crippen molar-refractivity contribution in [1.82, 2.24) is 0 Å². The summed E-state index contributed by atoms with van der Waals surface area (Å²) in [5.41, 5.74) is 1.40. The molecule has 0 amide bonds. The topological polar surface area (TPSA) is 52.8 Å². The van der Waals surface area contributed by atoms with Crippen molar-refractivity contribution in [2.75, 3.05) is 14.2 Å². The monoisotopic (exact) mass is 328 g/mol. The summed E-state index contributed by atoms with van der Waals surface area (Å²) in [7, 11) is 3.11. The van der Waals surface area contributed by atoms with E-state index in [-0.39, 0.29) is 0 Å². The molecule has 1 atom stereocenters. The summed E-state index contributed by atoms with van der Waals surface area (Å²) >= 11 is 12.2. The van der Waals surface area contributed by atoms with Gasteiger partial charge in [-0.05, 0) is 17.7 Å². The number of halogens is 2. The Hall–Kier alpha value is -1.49. The van der Waals surface area contributed by atoms with E-state index in [0.717, 1.165) is 0 Å². The van der Waals surface area contributed by atoms with Crippen LogP contribution in [-0.4, -0.2) is 19.3 Å². The molecule has 0 saturated heterocycles. The fourth-order valence-electron chi connectivity index (χ4n) is 2.04. The second-order valence-electron chi connectivity index (χ2n) is 4.46. The van der Waals surface area contributed by atoms with E-state index in [1.54, 1.807) is 44.8 Å². The summed E-state index contributed by atoms with van der Waals surface area (Å²) < 4.78 is 10.4. The first kappa shape index (κ1) is 15.9. The normalized spacial score (nSPS) is 12.0. The van der Waals surface area contributed by atoms with Crippen molar-refractivity contribution < 1.29 is 19.6 Å². The summed E-state index contributed by atoms with van der Waals surface area (Å²) in [4.78, 5) is 2.83.